The van der Waals surface area contributed by atoms with E-state index in [1.54, 1.807) is 0 Å². The topological polar surface area (TPSA) is 80.3 Å². The van der Waals surface area contributed by atoms with Gasteiger partial charge in [-0.1, -0.05) is 36.4 Å². The van der Waals surface area contributed by atoms with Crippen molar-refractivity contribution in [3.8, 4) is 0 Å². The molecule has 0 radical (unpaired) electrons. The molecule has 0 aromatic heterocycles. The summed E-state index contributed by atoms with van der Waals surface area (Å²) in [7, 11) is -6.44. The molecule has 25 heavy (non-hydrogen) atoms. The Labute approximate surface area is 149 Å². The monoisotopic (exact) mass is 381 g/mol. The van der Waals surface area contributed by atoms with Crippen molar-refractivity contribution < 1.29 is 16.8 Å². The summed E-state index contributed by atoms with van der Waals surface area (Å²) >= 11 is 0. The zero-order chi connectivity index (χ0) is 18.1. The summed E-state index contributed by atoms with van der Waals surface area (Å²) in [6.07, 6.45) is 0.848. The third-order valence-corrected chi connectivity index (χ3v) is 8.10. The van der Waals surface area contributed by atoms with Crippen molar-refractivity contribution in [3.63, 3.8) is 0 Å². The van der Waals surface area contributed by atoms with E-state index in [1.807, 2.05) is 49.4 Å². The molecule has 0 saturated carbocycles. The molecule has 136 valence electrons. The van der Waals surface area contributed by atoms with E-state index in [-0.39, 0.29) is 29.2 Å². The van der Waals surface area contributed by atoms with Crippen LogP contribution in [0.1, 0.15) is 31.4 Å². The molecule has 1 aliphatic rings. The van der Waals surface area contributed by atoms with Gasteiger partial charge in [0.1, 0.15) is 9.84 Å². The summed E-state index contributed by atoms with van der Waals surface area (Å²) in [5.74, 6) is 0.0752. The van der Waals surface area contributed by atoms with E-state index in [9.17, 15) is 16.8 Å². The van der Waals surface area contributed by atoms with Crippen molar-refractivity contribution in [3.05, 3.63) is 48.0 Å². The first-order valence-electron chi connectivity index (χ1n) is 8.43. The van der Waals surface area contributed by atoms with Gasteiger partial charge in [-0.2, -0.15) is 0 Å². The van der Waals surface area contributed by atoms with Gasteiger partial charge in [-0.05, 0) is 48.1 Å². The summed E-state index contributed by atoms with van der Waals surface area (Å²) in [6.45, 7) is 1.83. The Bertz CT molecular complexity index is 953. The summed E-state index contributed by atoms with van der Waals surface area (Å²) < 4.78 is 50.6. The lowest BCUT2D eigenvalue weighted by molar-refractivity contribution is 0.486. The zero-order valence-corrected chi connectivity index (χ0v) is 15.8. The van der Waals surface area contributed by atoms with Crippen LogP contribution in [0.2, 0.25) is 0 Å². The van der Waals surface area contributed by atoms with Gasteiger partial charge in [0.15, 0.2) is 0 Å². The van der Waals surface area contributed by atoms with Crippen molar-refractivity contribution in [1.82, 2.24) is 4.72 Å². The minimum atomic E-state index is -3.46. The standard InChI is InChI=1S/C18H23NO4S2/c1-14(17-7-6-16-4-2-3-5-18(16)12-17)19-25(22,23)13-15-8-10-24(20,21)11-9-15/h2-7,12,14-15,19H,8-11,13H2,1H3. The molecule has 1 unspecified atom stereocenters. The summed E-state index contributed by atoms with van der Waals surface area (Å²) in [6, 6.07) is 13.5. The fourth-order valence-corrected chi connectivity index (χ4v) is 6.59. The highest BCUT2D eigenvalue weighted by atomic mass is 32.2. The van der Waals surface area contributed by atoms with E-state index in [1.165, 1.54) is 0 Å². The first-order valence-corrected chi connectivity index (χ1v) is 11.9. The molecule has 0 amide bonds. The fraction of sp³-hybridized carbons (Fsp3) is 0.444. The number of fused-ring (bicyclic) bond motifs is 1. The van der Waals surface area contributed by atoms with Gasteiger partial charge in [0.05, 0.1) is 17.3 Å². The van der Waals surface area contributed by atoms with Crippen LogP contribution in [0.4, 0.5) is 0 Å². The number of sulfone groups is 1. The lowest BCUT2D eigenvalue weighted by atomic mass is 10.0. The van der Waals surface area contributed by atoms with Gasteiger partial charge in [-0.25, -0.2) is 21.6 Å². The maximum atomic E-state index is 12.4. The van der Waals surface area contributed by atoms with Gasteiger partial charge in [0.2, 0.25) is 10.0 Å². The molecular weight excluding hydrogens is 358 g/mol. The van der Waals surface area contributed by atoms with Crippen molar-refractivity contribution in [2.75, 3.05) is 17.3 Å². The van der Waals surface area contributed by atoms with Crippen LogP contribution in [0.3, 0.4) is 0 Å². The van der Waals surface area contributed by atoms with Crippen molar-refractivity contribution in [1.29, 1.82) is 0 Å². The highest BCUT2D eigenvalue weighted by Gasteiger charge is 2.28. The molecule has 3 rings (SSSR count). The van der Waals surface area contributed by atoms with E-state index in [2.05, 4.69) is 4.72 Å². The van der Waals surface area contributed by atoms with Gasteiger partial charge in [-0.3, -0.25) is 0 Å². The average Bonchev–Trinajstić information content (AvgIpc) is 2.56. The lowest BCUT2D eigenvalue weighted by Crippen LogP contribution is -2.35. The van der Waals surface area contributed by atoms with Crippen LogP contribution >= 0.6 is 0 Å². The van der Waals surface area contributed by atoms with Crippen molar-refractivity contribution >= 4 is 30.6 Å². The Morgan fingerprint density at radius 1 is 1.08 bits per heavy atom. The van der Waals surface area contributed by atoms with E-state index in [0.29, 0.717) is 12.8 Å². The smallest absolute Gasteiger partial charge is 0.212 e. The average molecular weight is 382 g/mol. The van der Waals surface area contributed by atoms with E-state index >= 15 is 0 Å². The molecule has 7 heteroatoms. The quantitative estimate of drug-likeness (QED) is 0.863. The number of hydrogen-bond donors (Lipinski definition) is 1. The SMILES string of the molecule is CC(NS(=O)(=O)CC1CCS(=O)(=O)CC1)c1ccc2ccccc2c1. The number of hydrogen-bond acceptors (Lipinski definition) is 4. The fourth-order valence-electron chi connectivity index (χ4n) is 3.28. The predicted molar refractivity (Wildman–Crippen MR) is 101 cm³/mol. The van der Waals surface area contributed by atoms with Gasteiger partial charge in [-0.15, -0.1) is 0 Å². The van der Waals surface area contributed by atoms with Crippen LogP contribution < -0.4 is 4.72 Å². The molecule has 0 aliphatic carbocycles. The van der Waals surface area contributed by atoms with Gasteiger partial charge in [0, 0.05) is 6.04 Å². The molecule has 1 N–H and O–H groups in total. The molecule has 1 saturated heterocycles. The molecule has 0 spiro atoms. The largest absolute Gasteiger partial charge is 0.229 e. The summed E-state index contributed by atoms with van der Waals surface area (Å²) in [4.78, 5) is 0. The van der Waals surface area contributed by atoms with Gasteiger partial charge < -0.3 is 0 Å². The summed E-state index contributed by atoms with van der Waals surface area (Å²) in [5, 5.41) is 2.19. The second-order valence-corrected chi connectivity index (χ2v) is 10.9. The van der Waals surface area contributed by atoms with Crippen LogP contribution in [0.25, 0.3) is 10.8 Å². The molecule has 5 nitrogen and oxygen atoms in total. The molecule has 1 atom stereocenters. The first kappa shape index (κ1) is 18.4. The Hall–Kier alpha value is -1.44. The highest BCUT2D eigenvalue weighted by Crippen LogP contribution is 2.23. The first-order chi connectivity index (χ1) is 11.7. The maximum Gasteiger partial charge on any atom is 0.212 e. The molecular formula is C18H23NO4S2. The zero-order valence-electron chi connectivity index (χ0n) is 14.2. The van der Waals surface area contributed by atoms with E-state index in [4.69, 9.17) is 0 Å². The molecule has 1 aliphatic heterocycles. The lowest BCUT2D eigenvalue weighted by Gasteiger charge is -2.23. The second kappa shape index (κ2) is 7.05. The highest BCUT2D eigenvalue weighted by molar-refractivity contribution is 7.91. The van der Waals surface area contributed by atoms with Crippen LogP contribution in [-0.2, 0) is 19.9 Å². The maximum absolute atomic E-state index is 12.4. The van der Waals surface area contributed by atoms with Gasteiger partial charge >= 0.3 is 0 Å². The third kappa shape index (κ3) is 4.80. The molecule has 2 aromatic carbocycles. The van der Waals surface area contributed by atoms with E-state index in [0.717, 1.165) is 16.3 Å². The number of nitrogens with one attached hydrogen (secondary N) is 1. The molecule has 1 fully saturated rings. The number of benzene rings is 2. The third-order valence-electron chi connectivity index (χ3n) is 4.76. The minimum Gasteiger partial charge on any atom is -0.229 e. The van der Waals surface area contributed by atoms with Crippen LogP contribution in [-0.4, -0.2) is 34.1 Å². The summed E-state index contributed by atoms with van der Waals surface area (Å²) in [5.41, 5.74) is 0.911. The Morgan fingerprint density at radius 2 is 1.72 bits per heavy atom. The van der Waals surface area contributed by atoms with Crippen molar-refractivity contribution in [2.45, 2.75) is 25.8 Å². The Kier molecular flexibility index (Phi) is 5.18. The molecule has 0 bridgehead atoms. The normalized spacial score (nSPS) is 19.7. The molecule has 1 heterocycles. The van der Waals surface area contributed by atoms with Crippen LogP contribution in [0.15, 0.2) is 42.5 Å². The predicted octanol–water partition coefficient (Wildman–Crippen LogP) is 2.65. The van der Waals surface area contributed by atoms with Crippen LogP contribution in [0.5, 0.6) is 0 Å². The number of rotatable bonds is 5. The minimum absolute atomic E-state index is 0.0135. The van der Waals surface area contributed by atoms with Gasteiger partial charge in [0.25, 0.3) is 0 Å². The number of sulfonamides is 1. The second-order valence-electron chi connectivity index (χ2n) is 6.82. The van der Waals surface area contributed by atoms with Crippen molar-refractivity contribution in [2.24, 2.45) is 5.92 Å². The van der Waals surface area contributed by atoms with Crippen LogP contribution in [0, 0.1) is 5.92 Å². The molecule has 2 aromatic rings. The Morgan fingerprint density at radius 3 is 2.40 bits per heavy atom. The van der Waals surface area contributed by atoms with E-state index < -0.39 is 19.9 Å². The Balaban J connectivity index is 1.67.